The van der Waals surface area contributed by atoms with Gasteiger partial charge in [-0.05, 0) is 43.0 Å². The van der Waals surface area contributed by atoms with Crippen molar-refractivity contribution in [1.82, 2.24) is 0 Å². The van der Waals surface area contributed by atoms with Crippen molar-refractivity contribution in [2.24, 2.45) is 0 Å². The van der Waals surface area contributed by atoms with Gasteiger partial charge in [0, 0.05) is 5.56 Å². The van der Waals surface area contributed by atoms with Crippen LogP contribution < -0.4 is 4.74 Å². The molecule has 0 aliphatic carbocycles. The first-order valence-electron chi connectivity index (χ1n) is 9.67. The Morgan fingerprint density at radius 3 is 2.14 bits per heavy atom. The van der Waals surface area contributed by atoms with Crippen molar-refractivity contribution >= 4 is 10.1 Å². The number of para-hydroxylation sites is 1. The lowest BCUT2D eigenvalue weighted by Crippen LogP contribution is -2.09. The quantitative estimate of drug-likeness (QED) is 0.506. The van der Waals surface area contributed by atoms with Crippen LogP contribution in [0, 0.1) is 6.92 Å². The first-order chi connectivity index (χ1) is 14.0. The molecular formula is C24H26O4S. The van der Waals surface area contributed by atoms with E-state index in [9.17, 15) is 8.42 Å². The molecule has 1 aliphatic heterocycles. The van der Waals surface area contributed by atoms with Gasteiger partial charge in [0.2, 0.25) is 0 Å². The lowest BCUT2D eigenvalue weighted by atomic mass is 9.99. The van der Waals surface area contributed by atoms with Gasteiger partial charge in [0.1, 0.15) is 12.4 Å². The van der Waals surface area contributed by atoms with E-state index >= 15 is 0 Å². The van der Waals surface area contributed by atoms with Gasteiger partial charge in [0.15, 0.2) is 0 Å². The van der Waals surface area contributed by atoms with E-state index in [2.05, 4.69) is 13.0 Å². The molecule has 0 amide bonds. The van der Waals surface area contributed by atoms with Gasteiger partial charge in [0.25, 0.3) is 10.1 Å². The maximum Gasteiger partial charge on any atom is 0.296 e. The standard InChI is InChI=1S/C17H20O3S.C7H6O/c1-14-8-10-17(11-9-14)21(18,19)20-13-12-15(2)16-6-4-3-5-7-16;1-2-4-7-6(3-1)5-8-7/h3-11,15H,12-13H2,1-2H3;1-4H,5H2. The molecule has 0 aromatic heterocycles. The third-order valence-electron chi connectivity index (χ3n) is 4.82. The Kier molecular flexibility index (Phi) is 7.07. The molecule has 0 saturated heterocycles. The molecule has 1 aliphatic rings. The summed E-state index contributed by atoms with van der Waals surface area (Å²) >= 11 is 0. The van der Waals surface area contributed by atoms with Crippen LogP contribution in [0.2, 0.25) is 0 Å². The van der Waals surface area contributed by atoms with Crippen LogP contribution in [0.15, 0.2) is 83.8 Å². The third-order valence-corrected chi connectivity index (χ3v) is 6.15. The lowest BCUT2D eigenvalue weighted by Gasteiger charge is -2.18. The molecule has 0 saturated carbocycles. The minimum Gasteiger partial charge on any atom is -0.488 e. The molecule has 3 aromatic carbocycles. The second-order valence-corrected chi connectivity index (χ2v) is 8.70. The Labute approximate surface area is 173 Å². The van der Waals surface area contributed by atoms with Crippen LogP contribution in [0.1, 0.15) is 36.0 Å². The van der Waals surface area contributed by atoms with E-state index in [0.29, 0.717) is 6.42 Å². The van der Waals surface area contributed by atoms with E-state index in [0.717, 1.165) is 17.9 Å². The summed E-state index contributed by atoms with van der Waals surface area (Å²) in [4.78, 5) is 0.209. The van der Waals surface area contributed by atoms with Crippen LogP contribution in [0.5, 0.6) is 5.75 Å². The molecule has 1 unspecified atom stereocenters. The molecule has 0 bridgehead atoms. The Morgan fingerprint density at radius 1 is 0.931 bits per heavy atom. The average molecular weight is 411 g/mol. The summed E-state index contributed by atoms with van der Waals surface area (Å²) in [6.07, 6.45) is 0.662. The normalized spacial score (nSPS) is 13.2. The number of rotatable bonds is 6. The Hall–Kier alpha value is -2.63. The highest BCUT2D eigenvalue weighted by molar-refractivity contribution is 7.86. The molecule has 0 N–H and O–H groups in total. The van der Waals surface area contributed by atoms with Crippen molar-refractivity contribution in [3.05, 3.63) is 95.6 Å². The monoisotopic (exact) mass is 410 g/mol. The Bertz CT molecular complexity index is 989. The van der Waals surface area contributed by atoms with E-state index in [1.165, 1.54) is 11.1 Å². The van der Waals surface area contributed by atoms with Gasteiger partial charge in [-0.15, -0.1) is 0 Å². The molecule has 1 atom stereocenters. The van der Waals surface area contributed by atoms with E-state index in [4.69, 9.17) is 8.92 Å². The number of hydrogen-bond acceptors (Lipinski definition) is 4. The number of benzene rings is 3. The molecule has 0 radical (unpaired) electrons. The highest BCUT2D eigenvalue weighted by Gasteiger charge is 2.15. The third kappa shape index (κ3) is 5.92. The summed E-state index contributed by atoms with van der Waals surface area (Å²) < 4.78 is 34.3. The van der Waals surface area contributed by atoms with Crippen LogP contribution in [-0.2, 0) is 20.9 Å². The van der Waals surface area contributed by atoms with Gasteiger partial charge in [-0.1, -0.05) is 73.2 Å². The molecule has 1 heterocycles. The molecule has 29 heavy (non-hydrogen) atoms. The molecule has 3 aromatic rings. The SMILES string of the molecule is Cc1ccc(S(=O)(=O)OCCC(C)c2ccccc2)cc1.c1ccc2c(c1)CO2. The van der Waals surface area contributed by atoms with Crippen LogP contribution in [0.3, 0.4) is 0 Å². The van der Waals surface area contributed by atoms with E-state index in [1.807, 2.05) is 55.5 Å². The van der Waals surface area contributed by atoms with E-state index in [1.54, 1.807) is 24.3 Å². The fourth-order valence-corrected chi connectivity index (χ4v) is 3.82. The summed E-state index contributed by atoms with van der Waals surface area (Å²) in [5.41, 5.74) is 3.54. The Morgan fingerprint density at radius 2 is 1.59 bits per heavy atom. The highest BCUT2D eigenvalue weighted by atomic mass is 32.2. The zero-order valence-corrected chi connectivity index (χ0v) is 17.6. The van der Waals surface area contributed by atoms with Crippen molar-refractivity contribution in [3.8, 4) is 5.75 Å². The van der Waals surface area contributed by atoms with Gasteiger partial charge in [-0.3, -0.25) is 4.18 Å². The lowest BCUT2D eigenvalue weighted by molar-refractivity contribution is 0.243. The molecule has 0 fully saturated rings. The number of fused-ring (bicyclic) bond motifs is 1. The number of aryl methyl sites for hydroxylation is 1. The van der Waals surface area contributed by atoms with Crippen LogP contribution in [-0.4, -0.2) is 15.0 Å². The number of ether oxygens (including phenoxy) is 1. The fraction of sp³-hybridized carbons (Fsp3) is 0.250. The van der Waals surface area contributed by atoms with Crippen LogP contribution in [0.25, 0.3) is 0 Å². The molecule has 0 spiro atoms. The van der Waals surface area contributed by atoms with Gasteiger partial charge in [-0.25, -0.2) is 0 Å². The summed E-state index contributed by atoms with van der Waals surface area (Å²) in [6, 6.07) is 24.8. The summed E-state index contributed by atoms with van der Waals surface area (Å²) in [6.45, 7) is 4.97. The van der Waals surface area contributed by atoms with Crippen molar-refractivity contribution < 1.29 is 17.3 Å². The molecule has 152 valence electrons. The fourth-order valence-electron chi connectivity index (χ4n) is 2.89. The maximum absolute atomic E-state index is 12.0. The van der Waals surface area contributed by atoms with Crippen molar-refractivity contribution in [2.75, 3.05) is 6.61 Å². The van der Waals surface area contributed by atoms with E-state index < -0.39 is 10.1 Å². The average Bonchev–Trinajstić information content (AvgIpc) is 2.70. The summed E-state index contributed by atoms with van der Waals surface area (Å²) in [7, 11) is -3.65. The minimum atomic E-state index is -3.65. The Balaban J connectivity index is 0.000000246. The molecule has 5 heteroatoms. The molecular weight excluding hydrogens is 384 g/mol. The predicted molar refractivity (Wildman–Crippen MR) is 115 cm³/mol. The zero-order valence-electron chi connectivity index (χ0n) is 16.7. The largest absolute Gasteiger partial charge is 0.488 e. The van der Waals surface area contributed by atoms with Crippen LogP contribution in [0.4, 0.5) is 0 Å². The zero-order chi connectivity index (χ0) is 20.7. The number of hydrogen-bond donors (Lipinski definition) is 0. The van der Waals surface area contributed by atoms with Crippen LogP contribution >= 0.6 is 0 Å². The first kappa shape index (κ1) is 21.1. The highest BCUT2D eigenvalue weighted by Crippen LogP contribution is 2.27. The van der Waals surface area contributed by atoms with Gasteiger partial charge in [-0.2, -0.15) is 8.42 Å². The van der Waals surface area contributed by atoms with Gasteiger partial charge < -0.3 is 4.74 Å². The summed E-state index contributed by atoms with van der Waals surface area (Å²) in [5, 5.41) is 0. The van der Waals surface area contributed by atoms with E-state index in [-0.39, 0.29) is 17.4 Å². The summed E-state index contributed by atoms with van der Waals surface area (Å²) in [5.74, 6) is 1.31. The van der Waals surface area contributed by atoms with Gasteiger partial charge >= 0.3 is 0 Å². The minimum absolute atomic E-state index is 0.187. The molecule has 4 rings (SSSR count). The second kappa shape index (κ2) is 9.72. The topological polar surface area (TPSA) is 52.6 Å². The smallest absolute Gasteiger partial charge is 0.296 e. The van der Waals surface area contributed by atoms with Gasteiger partial charge in [0.05, 0.1) is 11.5 Å². The van der Waals surface area contributed by atoms with Crippen molar-refractivity contribution in [2.45, 2.75) is 37.7 Å². The first-order valence-corrected chi connectivity index (χ1v) is 11.1. The second-order valence-electron chi connectivity index (χ2n) is 7.09. The van der Waals surface area contributed by atoms with Crippen molar-refractivity contribution in [1.29, 1.82) is 0 Å². The van der Waals surface area contributed by atoms with Crippen molar-refractivity contribution in [3.63, 3.8) is 0 Å². The maximum atomic E-state index is 12.0. The predicted octanol–water partition coefficient (Wildman–Crippen LogP) is 5.47. The molecule has 4 nitrogen and oxygen atoms in total.